The summed E-state index contributed by atoms with van der Waals surface area (Å²) in [5.74, 6) is -0.397. The number of hydrogen-bond acceptors (Lipinski definition) is 3. The summed E-state index contributed by atoms with van der Waals surface area (Å²) >= 11 is 0. The fourth-order valence-electron chi connectivity index (χ4n) is 1.85. The Balaban J connectivity index is 1.78. The Bertz CT molecular complexity index is 660. The van der Waals surface area contributed by atoms with Gasteiger partial charge in [-0.25, -0.2) is 0 Å². The molecule has 0 aliphatic carbocycles. The van der Waals surface area contributed by atoms with Gasteiger partial charge in [0.1, 0.15) is 5.75 Å². The van der Waals surface area contributed by atoms with Crippen LogP contribution in [0.2, 0.25) is 0 Å². The standard InChI is InChI=1S/C18H17NO3/c20-16-9-6-14(7-10-16)8-11-17(21)12-18(22)19-13-15-4-2-1-3-5-15/h1-11,20H,12-13H2,(H,19,22). The summed E-state index contributed by atoms with van der Waals surface area (Å²) in [7, 11) is 0. The smallest absolute Gasteiger partial charge is 0.228 e. The van der Waals surface area contributed by atoms with Crippen LogP contribution in [0.25, 0.3) is 6.08 Å². The van der Waals surface area contributed by atoms with Gasteiger partial charge in [-0.15, -0.1) is 0 Å². The van der Waals surface area contributed by atoms with Crippen molar-refractivity contribution in [1.29, 1.82) is 0 Å². The second kappa shape index (κ2) is 7.78. The Morgan fingerprint density at radius 2 is 1.68 bits per heavy atom. The summed E-state index contributed by atoms with van der Waals surface area (Å²) < 4.78 is 0. The number of hydrogen-bond donors (Lipinski definition) is 2. The molecule has 22 heavy (non-hydrogen) atoms. The van der Waals surface area contributed by atoms with E-state index in [2.05, 4.69) is 5.32 Å². The van der Waals surface area contributed by atoms with E-state index in [4.69, 9.17) is 5.11 Å². The van der Waals surface area contributed by atoms with Crippen LogP contribution in [0.5, 0.6) is 5.75 Å². The lowest BCUT2D eigenvalue weighted by molar-refractivity contribution is -0.126. The van der Waals surface area contributed by atoms with Crippen molar-refractivity contribution in [3.05, 3.63) is 71.8 Å². The fourth-order valence-corrected chi connectivity index (χ4v) is 1.85. The zero-order valence-corrected chi connectivity index (χ0v) is 12.0. The van der Waals surface area contributed by atoms with Gasteiger partial charge in [-0.1, -0.05) is 48.5 Å². The summed E-state index contributed by atoms with van der Waals surface area (Å²) in [4.78, 5) is 23.4. The molecule has 0 saturated heterocycles. The largest absolute Gasteiger partial charge is 0.508 e. The highest BCUT2D eigenvalue weighted by atomic mass is 16.3. The zero-order chi connectivity index (χ0) is 15.8. The van der Waals surface area contributed by atoms with E-state index in [9.17, 15) is 9.59 Å². The van der Waals surface area contributed by atoms with Crippen LogP contribution in [0, 0.1) is 0 Å². The first-order valence-electron chi connectivity index (χ1n) is 6.94. The number of benzene rings is 2. The summed E-state index contributed by atoms with van der Waals surface area (Å²) in [5.41, 5.74) is 1.78. The first kappa shape index (κ1) is 15.5. The number of phenols is 1. The molecule has 0 aromatic heterocycles. The first-order chi connectivity index (χ1) is 10.6. The molecule has 0 unspecified atom stereocenters. The highest BCUT2D eigenvalue weighted by Gasteiger charge is 2.06. The molecule has 0 radical (unpaired) electrons. The Labute approximate surface area is 129 Å². The van der Waals surface area contributed by atoms with Crippen LogP contribution in [0.4, 0.5) is 0 Å². The third kappa shape index (κ3) is 5.25. The average molecular weight is 295 g/mol. The lowest BCUT2D eigenvalue weighted by atomic mass is 10.1. The minimum atomic E-state index is -0.302. The van der Waals surface area contributed by atoms with E-state index in [1.54, 1.807) is 18.2 Å². The van der Waals surface area contributed by atoms with Gasteiger partial charge < -0.3 is 10.4 Å². The number of aromatic hydroxyl groups is 1. The Morgan fingerprint density at radius 1 is 1.00 bits per heavy atom. The summed E-state index contributed by atoms with van der Waals surface area (Å²) in [5, 5.41) is 11.9. The molecule has 0 fully saturated rings. The summed E-state index contributed by atoms with van der Waals surface area (Å²) in [6.45, 7) is 0.411. The van der Waals surface area contributed by atoms with E-state index in [0.717, 1.165) is 11.1 Å². The van der Waals surface area contributed by atoms with Crippen LogP contribution in [-0.2, 0) is 16.1 Å². The molecular weight excluding hydrogens is 278 g/mol. The van der Waals surface area contributed by atoms with Gasteiger partial charge in [0.05, 0.1) is 6.42 Å². The maximum absolute atomic E-state index is 11.7. The van der Waals surface area contributed by atoms with Crippen LogP contribution >= 0.6 is 0 Å². The molecule has 0 heterocycles. The van der Waals surface area contributed by atoms with Crippen molar-refractivity contribution < 1.29 is 14.7 Å². The van der Waals surface area contributed by atoms with Gasteiger partial charge in [-0.3, -0.25) is 9.59 Å². The summed E-state index contributed by atoms with van der Waals surface area (Å²) in [6, 6.07) is 16.0. The van der Waals surface area contributed by atoms with E-state index >= 15 is 0 Å². The van der Waals surface area contributed by atoms with Crippen molar-refractivity contribution in [3.63, 3.8) is 0 Å². The number of phenolic OH excluding ortho intramolecular Hbond substituents is 1. The van der Waals surface area contributed by atoms with Crippen LogP contribution in [0.15, 0.2) is 60.7 Å². The molecule has 0 atom stereocenters. The second-order valence-electron chi connectivity index (χ2n) is 4.83. The van der Waals surface area contributed by atoms with Gasteiger partial charge in [0.2, 0.25) is 5.91 Å². The Kier molecular flexibility index (Phi) is 5.49. The molecule has 0 aliphatic heterocycles. The highest BCUT2D eigenvalue weighted by Crippen LogP contribution is 2.10. The topological polar surface area (TPSA) is 66.4 Å². The number of carbonyl (C=O) groups is 2. The molecule has 0 saturated carbocycles. The number of rotatable bonds is 6. The first-order valence-corrected chi connectivity index (χ1v) is 6.94. The van der Waals surface area contributed by atoms with Crippen molar-refractivity contribution in [2.75, 3.05) is 0 Å². The number of amides is 1. The number of allylic oxidation sites excluding steroid dienone is 1. The number of ketones is 1. The van der Waals surface area contributed by atoms with Crippen molar-refractivity contribution in [3.8, 4) is 5.75 Å². The lowest BCUT2D eigenvalue weighted by Crippen LogP contribution is -2.24. The molecule has 0 spiro atoms. The van der Waals surface area contributed by atoms with E-state index in [1.807, 2.05) is 30.3 Å². The monoisotopic (exact) mass is 295 g/mol. The molecule has 0 aliphatic rings. The van der Waals surface area contributed by atoms with Gasteiger partial charge in [0, 0.05) is 6.54 Å². The van der Waals surface area contributed by atoms with Crippen molar-refractivity contribution in [2.24, 2.45) is 0 Å². The molecule has 2 aromatic carbocycles. The van der Waals surface area contributed by atoms with Crippen LogP contribution in [0.1, 0.15) is 17.5 Å². The van der Waals surface area contributed by atoms with Crippen LogP contribution < -0.4 is 5.32 Å². The Hall–Kier alpha value is -2.88. The molecule has 2 aromatic rings. The van der Waals surface area contributed by atoms with Crippen molar-refractivity contribution in [2.45, 2.75) is 13.0 Å². The number of nitrogens with one attached hydrogen (secondary N) is 1. The van der Waals surface area contributed by atoms with Crippen LogP contribution in [0.3, 0.4) is 0 Å². The van der Waals surface area contributed by atoms with E-state index in [0.29, 0.717) is 6.54 Å². The molecule has 2 N–H and O–H groups in total. The average Bonchev–Trinajstić information content (AvgIpc) is 2.53. The van der Waals surface area contributed by atoms with Gasteiger partial charge in [-0.05, 0) is 29.3 Å². The number of carbonyl (C=O) groups excluding carboxylic acids is 2. The van der Waals surface area contributed by atoms with Gasteiger partial charge in [0.15, 0.2) is 5.78 Å². The molecule has 4 nitrogen and oxygen atoms in total. The van der Waals surface area contributed by atoms with Crippen molar-refractivity contribution >= 4 is 17.8 Å². The normalized spacial score (nSPS) is 10.5. The van der Waals surface area contributed by atoms with E-state index in [1.165, 1.54) is 18.2 Å². The van der Waals surface area contributed by atoms with Crippen LogP contribution in [-0.4, -0.2) is 16.8 Å². The molecular formula is C18H17NO3. The second-order valence-corrected chi connectivity index (χ2v) is 4.83. The van der Waals surface area contributed by atoms with Crippen molar-refractivity contribution in [1.82, 2.24) is 5.32 Å². The minimum absolute atomic E-state index is 0.170. The lowest BCUT2D eigenvalue weighted by Gasteiger charge is -2.03. The molecule has 0 bridgehead atoms. The fraction of sp³-hybridized carbons (Fsp3) is 0.111. The van der Waals surface area contributed by atoms with E-state index < -0.39 is 0 Å². The van der Waals surface area contributed by atoms with Gasteiger partial charge in [-0.2, -0.15) is 0 Å². The maximum Gasteiger partial charge on any atom is 0.228 e. The predicted molar refractivity (Wildman–Crippen MR) is 85.1 cm³/mol. The third-order valence-corrected chi connectivity index (χ3v) is 3.02. The third-order valence-electron chi connectivity index (χ3n) is 3.02. The predicted octanol–water partition coefficient (Wildman–Crippen LogP) is 2.68. The highest BCUT2D eigenvalue weighted by molar-refractivity contribution is 6.05. The molecule has 112 valence electrons. The Morgan fingerprint density at radius 3 is 2.36 bits per heavy atom. The van der Waals surface area contributed by atoms with Gasteiger partial charge in [0.25, 0.3) is 0 Å². The zero-order valence-electron chi connectivity index (χ0n) is 12.0. The summed E-state index contributed by atoms with van der Waals surface area (Å²) in [6.07, 6.45) is 2.81. The quantitative estimate of drug-likeness (QED) is 0.636. The maximum atomic E-state index is 11.7. The van der Waals surface area contributed by atoms with E-state index in [-0.39, 0.29) is 23.9 Å². The minimum Gasteiger partial charge on any atom is -0.508 e. The molecule has 4 heteroatoms. The molecule has 2 rings (SSSR count). The van der Waals surface area contributed by atoms with Gasteiger partial charge >= 0.3 is 0 Å². The molecule has 1 amide bonds. The SMILES string of the molecule is O=C(C=Cc1ccc(O)cc1)CC(=O)NCc1ccccc1.